The standard InChI is InChI=1S/C19H21F3N2O3/c1-23-18(26)17(11-25)24-10-13-6-8-15(9-7-13)27-12-14-4-2-3-5-16(14)19(20,21)22/h2-9,17,24-25H,10-12H2,1H3,(H,23,26)/t17-/m0/s1. The van der Waals surface area contributed by atoms with Gasteiger partial charge in [-0.25, -0.2) is 0 Å². The van der Waals surface area contributed by atoms with Gasteiger partial charge in [0.05, 0.1) is 12.2 Å². The molecule has 0 aliphatic heterocycles. The van der Waals surface area contributed by atoms with Gasteiger partial charge in [-0.3, -0.25) is 10.1 Å². The molecular weight excluding hydrogens is 361 g/mol. The summed E-state index contributed by atoms with van der Waals surface area (Å²) in [6, 6.07) is 11.3. The van der Waals surface area contributed by atoms with E-state index in [1.807, 2.05) is 0 Å². The minimum Gasteiger partial charge on any atom is -0.489 e. The number of amides is 1. The second kappa shape index (κ2) is 9.38. The summed E-state index contributed by atoms with van der Waals surface area (Å²) in [5.74, 6) is 0.113. The molecule has 0 aromatic heterocycles. The molecule has 0 saturated heterocycles. The molecule has 0 aliphatic rings. The van der Waals surface area contributed by atoms with Crippen molar-refractivity contribution in [1.82, 2.24) is 10.6 Å². The van der Waals surface area contributed by atoms with Crippen LogP contribution in [0, 0.1) is 0 Å². The summed E-state index contributed by atoms with van der Waals surface area (Å²) in [4.78, 5) is 11.5. The van der Waals surface area contributed by atoms with Gasteiger partial charge in [0.1, 0.15) is 18.4 Å². The lowest BCUT2D eigenvalue weighted by atomic mass is 10.1. The third-order valence-electron chi connectivity index (χ3n) is 3.94. The van der Waals surface area contributed by atoms with Gasteiger partial charge in [0.2, 0.25) is 5.91 Å². The number of aliphatic hydroxyl groups is 1. The third kappa shape index (κ3) is 5.97. The number of rotatable bonds is 8. The van der Waals surface area contributed by atoms with E-state index < -0.39 is 17.8 Å². The predicted octanol–water partition coefficient (Wildman–Crippen LogP) is 2.48. The first kappa shape index (κ1) is 20.7. The summed E-state index contributed by atoms with van der Waals surface area (Å²) in [6.45, 7) is -0.189. The van der Waals surface area contributed by atoms with Gasteiger partial charge in [-0.1, -0.05) is 30.3 Å². The lowest BCUT2D eigenvalue weighted by Gasteiger charge is -2.15. The lowest BCUT2D eigenvalue weighted by molar-refractivity contribution is -0.138. The molecule has 0 heterocycles. The monoisotopic (exact) mass is 382 g/mol. The lowest BCUT2D eigenvalue weighted by Crippen LogP contribution is -2.44. The normalized spacial score (nSPS) is 12.5. The van der Waals surface area contributed by atoms with Gasteiger partial charge in [0, 0.05) is 19.2 Å². The number of carbonyl (C=O) groups is 1. The Morgan fingerprint density at radius 3 is 2.41 bits per heavy atom. The average molecular weight is 382 g/mol. The van der Waals surface area contributed by atoms with Crippen molar-refractivity contribution in [3.05, 3.63) is 65.2 Å². The number of ether oxygens (including phenoxy) is 1. The van der Waals surface area contributed by atoms with Gasteiger partial charge < -0.3 is 15.2 Å². The van der Waals surface area contributed by atoms with E-state index in [9.17, 15) is 23.1 Å². The minimum absolute atomic E-state index is 0.0621. The van der Waals surface area contributed by atoms with Crippen molar-refractivity contribution in [2.75, 3.05) is 13.7 Å². The zero-order chi connectivity index (χ0) is 19.9. The zero-order valence-corrected chi connectivity index (χ0v) is 14.7. The Labute approximate surface area is 155 Å². The van der Waals surface area contributed by atoms with Crippen molar-refractivity contribution < 1.29 is 27.8 Å². The Morgan fingerprint density at radius 1 is 1.15 bits per heavy atom. The van der Waals surface area contributed by atoms with Gasteiger partial charge in [-0.2, -0.15) is 13.2 Å². The molecule has 2 aromatic rings. The van der Waals surface area contributed by atoms with Crippen LogP contribution in [0.5, 0.6) is 5.75 Å². The van der Waals surface area contributed by atoms with Crippen LogP contribution in [0.4, 0.5) is 13.2 Å². The number of likely N-dealkylation sites (N-methyl/N-ethyl adjacent to an activating group) is 1. The summed E-state index contributed by atoms with van der Waals surface area (Å²) in [5, 5.41) is 14.5. The second-order valence-corrected chi connectivity index (χ2v) is 5.82. The highest BCUT2D eigenvalue weighted by molar-refractivity contribution is 5.81. The fraction of sp³-hybridized carbons (Fsp3) is 0.316. The summed E-state index contributed by atoms with van der Waals surface area (Å²) in [7, 11) is 1.48. The van der Waals surface area contributed by atoms with Crippen LogP contribution in [0.2, 0.25) is 0 Å². The molecule has 3 N–H and O–H groups in total. The van der Waals surface area contributed by atoms with Gasteiger partial charge in [0.15, 0.2) is 0 Å². The topological polar surface area (TPSA) is 70.6 Å². The fourth-order valence-corrected chi connectivity index (χ4v) is 2.44. The van der Waals surface area contributed by atoms with E-state index in [-0.39, 0.29) is 24.7 Å². The van der Waals surface area contributed by atoms with Crippen LogP contribution in [-0.2, 0) is 24.1 Å². The van der Waals surface area contributed by atoms with Gasteiger partial charge in [0.25, 0.3) is 0 Å². The van der Waals surface area contributed by atoms with Crippen molar-refractivity contribution >= 4 is 5.91 Å². The van der Waals surface area contributed by atoms with Crippen LogP contribution in [0.25, 0.3) is 0 Å². The first-order valence-corrected chi connectivity index (χ1v) is 8.28. The summed E-state index contributed by atoms with van der Waals surface area (Å²) < 4.78 is 44.4. The molecule has 27 heavy (non-hydrogen) atoms. The second-order valence-electron chi connectivity index (χ2n) is 5.82. The summed E-state index contributed by atoms with van der Waals surface area (Å²) in [5.41, 5.74) is 0.183. The van der Waals surface area contributed by atoms with Crippen molar-refractivity contribution in [3.8, 4) is 5.75 Å². The van der Waals surface area contributed by atoms with E-state index in [2.05, 4.69) is 10.6 Å². The van der Waals surface area contributed by atoms with Gasteiger partial charge in [-0.05, 0) is 23.8 Å². The van der Waals surface area contributed by atoms with Crippen LogP contribution in [0.15, 0.2) is 48.5 Å². The smallest absolute Gasteiger partial charge is 0.416 e. The fourth-order valence-electron chi connectivity index (χ4n) is 2.44. The van der Waals surface area contributed by atoms with E-state index in [4.69, 9.17) is 4.74 Å². The van der Waals surface area contributed by atoms with Crippen molar-refractivity contribution in [2.24, 2.45) is 0 Å². The van der Waals surface area contributed by atoms with Crippen molar-refractivity contribution in [2.45, 2.75) is 25.4 Å². The maximum Gasteiger partial charge on any atom is 0.416 e. The molecule has 2 aromatic carbocycles. The maximum atomic E-state index is 13.0. The number of alkyl halides is 3. The molecule has 0 unspecified atom stereocenters. The molecule has 0 bridgehead atoms. The van der Waals surface area contributed by atoms with Crippen LogP contribution >= 0.6 is 0 Å². The molecule has 0 spiro atoms. The predicted molar refractivity (Wildman–Crippen MR) is 94.0 cm³/mol. The van der Waals surface area contributed by atoms with Crippen molar-refractivity contribution in [3.63, 3.8) is 0 Å². The number of hydrogen-bond donors (Lipinski definition) is 3. The van der Waals surface area contributed by atoms with E-state index in [1.54, 1.807) is 24.3 Å². The highest BCUT2D eigenvalue weighted by atomic mass is 19.4. The molecule has 0 radical (unpaired) electrons. The average Bonchev–Trinajstić information content (AvgIpc) is 2.67. The molecular formula is C19H21F3N2O3. The van der Waals surface area contributed by atoms with E-state index >= 15 is 0 Å². The van der Waals surface area contributed by atoms with E-state index in [0.717, 1.165) is 11.6 Å². The molecule has 5 nitrogen and oxygen atoms in total. The van der Waals surface area contributed by atoms with Gasteiger partial charge >= 0.3 is 6.18 Å². The zero-order valence-electron chi connectivity index (χ0n) is 14.7. The quantitative estimate of drug-likeness (QED) is 0.656. The van der Waals surface area contributed by atoms with E-state index in [1.165, 1.54) is 25.2 Å². The molecule has 0 saturated carbocycles. The number of nitrogens with one attached hydrogen (secondary N) is 2. The Kier molecular flexibility index (Phi) is 7.20. The highest BCUT2D eigenvalue weighted by Gasteiger charge is 2.32. The van der Waals surface area contributed by atoms with Crippen LogP contribution in [-0.4, -0.2) is 30.7 Å². The van der Waals surface area contributed by atoms with Crippen molar-refractivity contribution in [1.29, 1.82) is 0 Å². The minimum atomic E-state index is -4.43. The Morgan fingerprint density at radius 2 is 1.81 bits per heavy atom. The van der Waals surface area contributed by atoms with E-state index in [0.29, 0.717) is 12.3 Å². The first-order chi connectivity index (χ1) is 12.8. The highest BCUT2D eigenvalue weighted by Crippen LogP contribution is 2.32. The molecule has 2 rings (SSSR count). The van der Waals surface area contributed by atoms with Crippen LogP contribution < -0.4 is 15.4 Å². The number of halogens is 3. The SMILES string of the molecule is CNC(=O)[C@H](CO)NCc1ccc(OCc2ccccc2C(F)(F)F)cc1. The summed E-state index contributed by atoms with van der Waals surface area (Å²) >= 11 is 0. The Balaban J connectivity index is 1.94. The first-order valence-electron chi connectivity index (χ1n) is 8.28. The maximum absolute atomic E-state index is 13.0. The molecule has 1 atom stereocenters. The Hall–Kier alpha value is -2.58. The molecule has 1 amide bonds. The molecule has 0 aliphatic carbocycles. The largest absolute Gasteiger partial charge is 0.489 e. The number of benzene rings is 2. The number of carbonyl (C=O) groups excluding carboxylic acids is 1. The van der Waals surface area contributed by atoms with Crippen LogP contribution in [0.1, 0.15) is 16.7 Å². The molecule has 146 valence electrons. The Bertz CT molecular complexity index is 749. The van der Waals surface area contributed by atoms with Gasteiger partial charge in [-0.15, -0.1) is 0 Å². The number of aliphatic hydroxyl groups excluding tert-OH is 1. The summed E-state index contributed by atoms with van der Waals surface area (Å²) in [6.07, 6.45) is -4.43. The van der Waals surface area contributed by atoms with Crippen LogP contribution in [0.3, 0.4) is 0 Å². The third-order valence-corrected chi connectivity index (χ3v) is 3.94. The molecule has 8 heteroatoms. The molecule has 0 fully saturated rings. The number of hydrogen-bond acceptors (Lipinski definition) is 4.